The molecule has 1 unspecified atom stereocenters. The van der Waals surface area contributed by atoms with E-state index in [1.54, 1.807) is 7.11 Å². The summed E-state index contributed by atoms with van der Waals surface area (Å²) < 4.78 is 10.7. The maximum absolute atomic E-state index is 9.96. The Morgan fingerprint density at radius 3 is 2.43 bits per heavy atom. The van der Waals surface area contributed by atoms with E-state index < -0.39 is 6.10 Å². The Morgan fingerprint density at radius 1 is 1.00 bits per heavy atom. The summed E-state index contributed by atoms with van der Waals surface area (Å²) in [6.07, 6.45) is 0.356. The van der Waals surface area contributed by atoms with Gasteiger partial charge in [0.1, 0.15) is 18.5 Å². The van der Waals surface area contributed by atoms with E-state index in [2.05, 4.69) is 17.4 Å². The maximum Gasteiger partial charge on any atom is 0.119 e. The van der Waals surface area contributed by atoms with E-state index in [1.807, 2.05) is 42.5 Å². The van der Waals surface area contributed by atoms with Crippen molar-refractivity contribution in [2.45, 2.75) is 19.1 Å². The Kier molecular flexibility index (Phi) is 7.60. The highest BCUT2D eigenvalue weighted by molar-refractivity contribution is 5.27. The zero-order valence-corrected chi connectivity index (χ0v) is 13.6. The van der Waals surface area contributed by atoms with Gasteiger partial charge in [0, 0.05) is 20.2 Å². The molecule has 0 aliphatic heterocycles. The Morgan fingerprint density at radius 2 is 1.74 bits per heavy atom. The van der Waals surface area contributed by atoms with Gasteiger partial charge in [-0.25, -0.2) is 0 Å². The molecule has 4 nitrogen and oxygen atoms in total. The number of rotatable bonds is 10. The second-order valence-electron chi connectivity index (χ2n) is 5.47. The number of aliphatic hydroxyl groups is 1. The molecule has 4 heteroatoms. The fourth-order valence-electron chi connectivity index (χ4n) is 2.20. The van der Waals surface area contributed by atoms with Crippen molar-refractivity contribution in [3.05, 3.63) is 65.7 Å². The molecular weight excluding hydrogens is 290 g/mol. The normalized spacial score (nSPS) is 12.1. The third-order valence-corrected chi connectivity index (χ3v) is 3.51. The van der Waals surface area contributed by atoms with Crippen LogP contribution in [0.2, 0.25) is 0 Å². The van der Waals surface area contributed by atoms with Crippen molar-refractivity contribution < 1.29 is 14.6 Å². The van der Waals surface area contributed by atoms with Crippen LogP contribution in [0.25, 0.3) is 0 Å². The van der Waals surface area contributed by atoms with E-state index in [0.717, 1.165) is 18.7 Å². The molecule has 0 saturated carbocycles. The summed E-state index contributed by atoms with van der Waals surface area (Å²) in [6, 6.07) is 18.0. The van der Waals surface area contributed by atoms with Crippen LogP contribution in [0.5, 0.6) is 5.75 Å². The largest absolute Gasteiger partial charge is 0.491 e. The molecule has 2 aromatic rings. The molecule has 0 aliphatic rings. The molecule has 2 aromatic carbocycles. The predicted octanol–water partition coefficient (Wildman–Crippen LogP) is 2.41. The minimum atomic E-state index is -0.535. The zero-order valence-electron chi connectivity index (χ0n) is 13.6. The van der Waals surface area contributed by atoms with Crippen LogP contribution in [0.3, 0.4) is 0 Å². The van der Waals surface area contributed by atoms with Crippen molar-refractivity contribution in [1.82, 2.24) is 5.32 Å². The maximum atomic E-state index is 9.96. The van der Waals surface area contributed by atoms with Gasteiger partial charge in [-0.15, -0.1) is 0 Å². The monoisotopic (exact) mass is 315 g/mol. The van der Waals surface area contributed by atoms with Gasteiger partial charge in [-0.2, -0.15) is 0 Å². The van der Waals surface area contributed by atoms with Crippen LogP contribution in [-0.2, 0) is 17.7 Å². The van der Waals surface area contributed by atoms with E-state index in [0.29, 0.717) is 13.2 Å². The van der Waals surface area contributed by atoms with Crippen molar-refractivity contribution in [3.63, 3.8) is 0 Å². The molecule has 2 rings (SSSR count). The number of aliphatic hydroxyl groups excluding tert-OH is 1. The first-order valence-electron chi connectivity index (χ1n) is 7.91. The van der Waals surface area contributed by atoms with E-state index in [-0.39, 0.29) is 6.61 Å². The number of ether oxygens (including phenoxy) is 2. The fourth-order valence-corrected chi connectivity index (χ4v) is 2.20. The van der Waals surface area contributed by atoms with E-state index in [4.69, 9.17) is 9.47 Å². The first kappa shape index (κ1) is 17.5. The molecule has 23 heavy (non-hydrogen) atoms. The standard InChI is InChI=1S/C19H25NO3/c1-22-12-11-16-7-9-19(10-8-16)23-15-18(21)14-20-13-17-5-3-2-4-6-17/h2-10,18,20-21H,11-15H2,1H3. The van der Waals surface area contributed by atoms with E-state index in [9.17, 15) is 5.11 Å². The van der Waals surface area contributed by atoms with Crippen LogP contribution >= 0.6 is 0 Å². The van der Waals surface area contributed by atoms with Crippen LogP contribution in [-0.4, -0.2) is 38.1 Å². The molecule has 2 N–H and O–H groups in total. The predicted molar refractivity (Wildman–Crippen MR) is 91.7 cm³/mol. The summed E-state index contributed by atoms with van der Waals surface area (Å²) in [5.74, 6) is 0.772. The molecule has 0 saturated heterocycles. The highest BCUT2D eigenvalue weighted by Gasteiger charge is 2.05. The quantitative estimate of drug-likeness (QED) is 0.707. The van der Waals surface area contributed by atoms with E-state index in [1.165, 1.54) is 11.1 Å². The molecule has 0 spiro atoms. The summed E-state index contributed by atoms with van der Waals surface area (Å²) in [7, 11) is 1.70. The van der Waals surface area contributed by atoms with Gasteiger partial charge in [-0.05, 0) is 29.7 Å². The molecule has 0 aromatic heterocycles. The lowest BCUT2D eigenvalue weighted by atomic mass is 10.1. The molecule has 0 radical (unpaired) electrons. The lowest BCUT2D eigenvalue weighted by Crippen LogP contribution is -2.31. The number of nitrogens with one attached hydrogen (secondary N) is 1. The van der Waals surface area contributed by atoms with Crippen LogP contribution in [0.4, 0.5) is 0 Å². The Bertz CT molecular complexity index is 542. The average molecular weight is 315 g/mol. The molecule has 0 aliphatic carbocycles. The molecule has 124 valence electrons. The first-order valence-corrected chi connectivity index (χ1v) is 7.91. The van der Waals surface area contributed by atoms with Gasteiger partial charge in [0.25, 0.3) is 0 Å². The summed E-state index contributed by atoms with van der Waals surface area (Å²) in [5.41, 5.74) is 2.41. The third kappa shape index (κ3) is 6.82. The summed E-state index contributed by atoms with van der Waals surface area (Å²) in [4.78, 5) is 0. The molecular formula is C19H25NO3. The lowest BCUT2D eigenvalue weighted by molar-refractivity contribution is 0.106. The Hall–Kier alpha value is -1.88. The highest BCUT2D eigenvalue weighted by atomic mass is 16.5. The lowest BCUT2D eigenvalue weighted by Gasteiger charge is -2.13. The summed E-state index contributed by atoms with van der Waals surface area (Å²) >= 11 is 0. The SMILES string of the molecule is COCCc1ccc(OCC(O)CNCc2ccccc2)cc1. The van der Waals surface area contributed by atoms with Crippen molar-refractivity contribution in [1.29, 1.82) is 0 Å². The Balaban J connectivity index is 1.64. The van der Waals surface area contributed by atoms with Crippen molar-refractivity contribution in [2.24, 2.45) is 0 Å². The van der Waals surface area contributed by atoms with Crippen LogP contribution < -0.4 is 10.1 Å². The second kappa shape index (κ2) is 10.0. The number of methoxy groups -OCH3 is 1. The minimum Gasteiger partial charge on any atom is -0.491 e. The van der Waals surface area contributed by atoms with Gasteiger partial charge in [-0.1, -0.05) is 42.5 Å². The summed E-state index contributed by atoms with van der Waals surface area (Å²) in [5, 5.41) is 13.2. The smallest absolute Gasteiger partial charge is 0.119 e. The van der Waals surface area contributed by atoms with Crippen LogP contribution in [0, 0.1) is 0 Å². The number of hydrogen-bond donors (Lipinski definition) is 2. The van der Waals surface area contributed by atoms with Crippen molar-refractivity contribution in [2.75, 3.05) is 26.9 Å². The van der Waals surface area contributed by atoms with Gasteiger partial charge >= 0.3 is 0 Å². The van der Waals surface area contributed by atoms with Gasteiger partial charge in [-0.3, -0.25) is 0 Å². The molecule has 0 fully saturated rings. The number of benzene rings is 2. The van der Waals surface area contributed by atoms with Crippen LogP contribution in [0.1, 0.15) is 11.1 Å². The minimum absolute atomic E-state index is 0.277. The summed E-state index contributed by atoms with van der Waals surface area (Å²) in [6.45, 7) is 2.23. The Labute approximate surface area is 138 Å². The van der Waals surface area contributed by atoms with Crippen LogP contribution in [0.15, 0.2) is 54.6 Å². The number of hydrogen-bond acceptors (Lipinski definition) is 4. The van der Waals surface area contributed by atoms with Gasteiger partial charge < -0.3 is 19.9 Å². The van der Waals surface area contributed by atoms with Gasteiger partial charge in [0.05, 0.1) is 6.61 Å². The first-order chi connectivity index (χ1) is 11.3. The van der Waals surface area contributed by atoms with E-state index >= 15 is 0 Å². The van der Waals surface area contributed by atoms with Crippen molar-refractivity contribution in [3.8, 4) is 5.75 Å². The molecule has 0 bridgehead atoms. The molecule has 0 heterocycles. The van der Waals surface area contributed by atoms with Gasteiger partial charge in [0.15, 0.2) is 0 Å². The average Bonchev–Trinajstić information content (AvgIpc) is 2.60. The molecule has 0 amide bonds. The van der Waals surface area contributed by atoms with Gasteiger partial charge in [0.2, 0.25) is 0 Å². The third-order valence-electron chi connectivity index (χ3n) is 3.51. The zero-order chi connectivity index (χ0) is 16.3. The second-order valence-corrected chi connectivity index (χ2v) is 5.47. The molecule has 1 atom stereocenters. The van der Waals surface area contributed by atoms with Crippen molar-refractivity contribution >= 4 is 0 Å². The topological polar surface area (TPSA) is 50.7 Å². The fraction of sp³-hybridized carbons (Fsp3) is 0.368. The highest BCUT2D eigenvalue weighted by Crippen LogP contribution is 2.13.